The van der Waals surface area contributed by atoms with Gasteiger partial charge in [-0.15, -0.1) is 0 Å². The molecule has 2 amide bonds. The fourth-order valence-electron chi connectivity index (χ4n) is 3.65. The number of carbonyl (C=O) groups excluding carboxylic acids is 2. The highest BCUT2D eigenvalue weighted by Gasteiger charge is 2.28. The Morgan fingerprint density at radius 2 is 1.57 bits per heavy atom. The van der Waals surface area contributed by atoms with E-state index in [-0.39, 0.29) is 23.7 Å². The largest absolute Gasteiger partial charge is 0.343 e. The maximum atomic E-state index is 13.4. The second-order valence-electron chi connectivity index (χ2n) is 7.36. The molecule has 1 saturated heterocycles. The van der Waals surface area contributed by atoms with Gasteiger partial charge in [-0.3, -0.25) is 9.59 Å². The molecule has 6 heteroatoms. The van der Waals surface area contributed by atoms with Crippen molar-refractivity contribution in [3.8, 4) is 11.1 Å². The summed E-state index contributed by atoms with van der Waals surface area (Å²) in [6.07, 6.45) is 1.64. The molecule has 1 atom stereocenters. The Morgan fingerprint density at radius 1 is 1.00 bits per heavy atom. The number of halogens is 2. The molecule has 1 aliphatic rings. The van der Waals surface area contributed by atoms with Crippen LogP contribution in [-0.4, -0.2) is 29.8 Å². The van der Waals surface area contributed by atoms with Crippen LogP contribution in [0.5, 0.6) is 0 Å². The first-order valence-electron chi connectivity index (χ1n) is 9.46. The van der Waals surface area contributed by atoms with Crippen molar-refractivity contribution < 1.29 is 18.4 Å². The maximum absolute atomic E-state index is 13.4. The minimum absolute atomic E-state index is 0.0641. The molecule has 1 aliphatic heterocycles. The Morgan fingerprint density at radius 3 is 2.11 bits per heavy atom. The Balaban J connectivity index is 1.60. The maximum Gasteiger partial charge on any atom is 0.227 e. The SMILES string of the molecule is CC(=O)N1CCC([C@H](C)C(=O)Nc2ccc(-c3cc(F)cc(F)c3)cc2)CC1. The predicted octanol–water partition coefficient (Wildman–Crippen LogP) is 4.46. The third-order valence-corrected chi connectivity index (χ3v) is 5.45. The molecule has 1 N–H and O–H groups in total. The summed E-state index contributed by atoms with van der Waals surface area (Å²) in [5, 5.41) is 2.91. The molecule has 4 nitrogen and oxygen atoms in total. The van der Waals surface area contributed by atoms with E-state index in [0.29, 0.717) is 29.9 Å². The number of benzene rings is 2. The molecule has 1 heterocycles. The standard InChI is InChI=1S/C22H24F2N2O2/c1-14(16-7-9-26(10-8-16)15(2)27)22(28)25-21-5-3-17(4-6-21)18-11-19(23)13-20(24)12-18/h3-6,11-14,16H,7-10H2,1-2H3,(H,25,28)/t14-/m0/s1. The number of likely N-dealkylation sites (tertiary alicyclic amines) is 1. The van der Waals surface area contributed by atoms with Crippen molar-refractivity contribution in [1.82, 2.24) is 4.90 Å². The van der Waals surface area contributed by atoms with Crippen LogP contribution >= 0.6 is 0 Å². The van der Waals surface area contributed by atoms with Crippen LogP contribution in [-0.2, 0) is 9.59 Å². The van der Waals surface area contributed by atoms with Gasteiger partial charge in [0.1, 0.15) is 11.6 Å². The van der Waals surface area contributed by atoms with Gasteiger partial charge in [0.2, 0.25) is 11.8 Å². The molecule has 2 aromatic rings. The van der Waals surface area contributed by atoms with E-state index in [1.807, 2.05) is 11.8 Å². The zero-order valence-electron chi connectivity index (χ0n) is 16.0. The summed E-state index contributed by atoms with van der Waals surface area (Å²) in [7, 11) is 0. The van der Waals surface area contributed by atoms with Gasteiger partial charge in [0.25, 0.3) is 0 Å². The van der Waals surface area contributed by atoms with Crippen LogP contribution < -0.4 is 5.32 Å². The summed E-state index contributed by atoms with van der Waals surface area (Å²) < 4.78 is 26.8. The number of carbonyl (C=O) groups is 2. The molecule has 0 spiro atoms. The van der Waals surface area contributed by atoms with Crippen LogP contribution in [0.15, 0.2) is 42.5 Å². The van der Waals surface area contributed by atoms with E-state index in [1.54, 1.807) is 31.2 Å². The lowest BCUT2D eigenvalue weighted by Gasteiger charge is -2.33. The van der Waals surface area contributed by atoms with Crippen LogP contribution in [0.25, 0.3) is 11.1 Å². The Labute approximate surface area is 163 Å². The average molecular weight is 386 g/mol. The summed E-state index contributed by atoms with van der Waals surface area (Å²) in [6, 6.07) is 10.3. The van der Waals surface area contributed by atoms with Crippen LogP contribution in [0.2, 0.25) is 0 Å². The van der Waals surface area contributed by atoms with Crippen molar-refractivity contribution in [2.75, 3.05) is 18.4 Å². The number of nitrogens with zero attached hydrogens (tertiary/aromatic N) is 1. The summed E-state index contributed by atoms with van der Waals surface area (Å²) in [4.78, 5) is 25.8. The molecular formula is C22H24F2N2O2. The number of anilines is 1. The topological polar surface area (TPSA) is 49.4 Å². The summed E-state index contributed by atoms with van der Waals surface area (Å²) in [5.74, 6) is -1.16. The van der Waals surface area contributed by atoms with Crippen LogP contribution in [0, 0.1) is 23.5 Å². The van der Waals surface area contributed by atoms with Crippen molar-refractivity contribution in [3.05, 3.63) is 54.1 Å². The Bertz CT molecular complexity index is 839. The quantitative estimate of drug-likeness (QED) is 0.843. The molecule has 0 unspecified atom stereocenters. The highest BCUT2D eigenvalue weighted by Crippen LogP contribution is 2.27. The zero-order valence-corrected chi connectivity index (χ0v) is 16.0. The van der Waals surface area contributed by atoms with E-state index < -0.39 is 11.6 Å². The highest BCUT2D eigenvalue weighted by atomic mass is 19.1. The first-order chi connectivity index (χ1) is 13.3. The smallest absolute Gasteiger partial charge is 0.227 e. The highest BCUT2D eigenvalue weighted by molar-refractivity contribution is 5.92. The predicted molar refractivity (Wildman–Crippen MR) is 105 cm³/mol. The Hall–Kier alpha value is -2.76. The molecule has 2 aromatic carbocycles. The molecule has 0 aliphatic carbocycles. The molecule has 0 radical (unpaired) electrons. The van der Waals surface area contributed by atoms with Gasteiger partial charge in [0, 0.05) is 37.7 Å². The second kappa shape index (κ2) is 8.50. The molecule has 1 fully saturated rings. The van der Waals surface area contributed by atoms with Crippen molar-refractivity contribution in [2.45, 2.75) is 26.7 Å². The molecule has 3 rings (SSSR count). The van der Waals surface area contributed by atoms with Gasteiger partial charge in [-0.1, -0.05) is 19.1 Å². The van der Waals surface area contributed by atoms with Crippen LogP contribution in [0.1, 0.15) is 26.7 Å². The number of hydrogen-bond acceptors (Lipinski definition) is 2. The fourth-order valence-corrected chi connectivity index (χ4v) is 3.65. The first-order valence-corrected chi connectivity index (χ1v) is 9.46. The second-order valence-corrected chi connectivity index (χ2v) is 7.36. The van der Waals surface area contributed by atoms with Gasteiger partial charge >= 0.3 is 0 Å². The molecule has 0 bridgehead atoms. The van der Waals surface area contributed by atoms with Crippen molar-refractivity contribution in [2.24, 2.45) is 11.8 Å². The summed E-state index contributed by atoms with van der Waals surface area (Å²) in [5.41, 5.74) is 1.75. The van der Waals surface area contributed by atoms with E-state index in [4.69, 9.17) is 0 Å². The number of nitrogens with one attached hydrogen (secondary N) is 1. The Kier molecular flexibility index (Phi) is 6.07. The van der Waals surface area contributed by atoms with Gasteiger partial charge < -0.3 is 10.2 Å². The number of rotatable bonds is 4. The van der Waals surface area contributed by atoms with Gasteiger partial charge in [0.15, 0.2) is 0 Å². The molecule has 0 aromatic heterocycles. The number of amides is 2. The average Bonchev–Trinajstić information content (AvgIpc) is 2.67. The summed E-state index contributed by atoms with van der Waals surface area (Å²) in [6.45, 7) is 4.86. The minimum Gasteiger partial charge on any atom is -0.343 e. The van der Waals surface area contributed by atoms with E-state index in [9.17, 15) is 18.4 Å². The monoisotopic (exact) mass is 386 g/mol. The lowest BCUT2D eigenvalue weighted by atomic mass is 9.85. The summed E-state index contributed by atoms with van der Waals surface area (Å²) >= 11 is 0. The molecule has 28 heavy (non-hydrogen) atoms. The van der Waals surface area contributed by atoms with Crippen LogP contribution in [0.4, 0.5) is 14.5 Å². The number of hydrogen-bond donors (Lipinski definition) is 1. The van der Waals surface area contributed by atoms with Gasteiger partial charge in [0.05, 0.1) is 0 Å². The normalized spacial score (nSPS) is 15.9. The van der Waals surface area contributed by atoms with E-state index in [2.05, 4.69) is 5.32 Å². The lowest BCUT2D eigenvalue weighted by Crippen LogP contribution is -2.40. The first kappa shape index (κ1) is 20.0. The minimum atomic E-state index is -0.628. The van der Waals surface area contributed by atoms with Crippen molar-refractivity contribution in [1.29, 1.82) is 0 Å². The lowest BCUT2D eigenvalue weighted by molar-refractivity contribution is -0.130. The van der Waals surface area contributed by atoms with Crippen molar-refractivity contribution >= 4 is 17.5 Å². The third-order valence-electron chi connectivity index (χ3n) is 5.45. The third kappa shape index (κ3) is 4.74. The fraction of sp³-hybridized carbons (Fsp3) is 0.364. The number of piperidine rings is 1. The van der Waals surface area contributed by atoms with Crippen LogP contribution in [0.3, 0.4) is 0 Å². The molecule has 148 valence electrons. The van der Waals surface area contributed by atoms with E-state index in [0.717, 1.165) is 18.9 Å². The van der Waals surface area contributed by atoms with Gasteiger partial charge in [-0.2, -0.15) is 0 Å². The van der Waals surface area contributed by atoms with E-state index >= 15 is 0 Å². The van der Waals surface area contributed by atoms with Gasteiger partial charge in [-0.25, -0.2) is 8.78 Å². The van der Waals surface area contributed by atoms with Gasteiger partial charge in [-0.05, 0) is 54.2 Å². The zero-order chi connectivity index (χ0) is 20.3. The van der Waals surface area contributed by atoms with Crippen molar-refractivity contribution in [3.63, 3.8) is 0 Å². The molecular weight excluding hydrogens is 362 g/mol. The van der Waals surface area contributed by atoms with E-state index in [1.165, 1.54) is 12.1 Å². The molecule has 0 saturated carbocycles.